The van der Waals surface area contributed by atoms with Gasteiger partial charge in [-0.05, 0) is 23.3 Å². The van der Waals surface area contributed by atoms with Crippen LogP contribution in [-0.4, -0.2) is 36.1 Å². The number of urea groups is 1. The van der Waals surface area contributed by atoms with Gasteiger partial charge in [-0.2, -0.15) is 0 Å². The summed E-state index contributed by atoms with van der Waals surface area (Å²) in [5, 5.41) is 2.95. The molecule has 1 saturated heterocycles. The maximum atomic E-state index is 13.7. The molecule has 0 saturated carbocycles. The summed E-state index contributed by atoms with van der Waals surface area (Å²) in [6, 6.07) is 25.5. The molecule has 5 rings (SSSR count). The lowest BCUT2D eigenvalue weighted by Crippen LogP contribution is -2.47. The van der Waals surface area contributed by atoms with Crippen LogP contribution in [0.25, 0.3) is 0 Å². The number of nitrogens with zero attached hydrogens (tertiary/aromatic N) is 1. The Hall–Kier alpha value is -3.80. The topological polar surface area (TPSA) is 67.9 Å². The van der Waals surface area contributed by atoms with Gasteiger partial charge in [-0.15, -0.1) is 0 Å². The summed E-state index contributed by atoms with van der Waals surface area (Å²) in [7, 11) is 0. The normalized spacial score (nSPS) is 19.5. The summed E-state index contributed by atoms with van der Waals surface area (Å²) in [6.07, 6.45) is -0.447. The van der Waals surface area contributed by atoms with E-state index in [1.54, 1.807) is 0 Å². The van der Waals surface area contributed by atoms with Gasteiger partial charge in [0.2, 0.25) is 0 Å². The maximum Gasteiger partial charge on any atom is 0.325 e. The van der Waals surface area contributed by atoms with E-state index in [1.807, 2.05) is 84.9 Å². The van der Waals surface area contributed by atoms with Crippen LogP contribution in [0.2, 0.25) is 0 Å². The molecule has 6 nitrogen and oxygen atoms in total. The minimum atomic E-state index is -1.27. The summed E-state index contributed by atoms with van der Waals surface area (Å²) in [4.78, 5) is 27.9. The first-order valence-electron chi connectivity index (χ1n) is 9.82. The molecule has 30 heavy (non-hydrogen) atoms. The fraction of sp³-hybridized carbons (Fsp3) is 0.167. The summed E-state index contributed by atoms with van der Waals surface area (Å²) in [6.45, 7) is 0.359. The van der Waals surface area contributed by atoms with E-state index in [0.717, 1.165) is 0 Å². The molecule has 1 fully saturated rings. The van der Waals surface area contributed by atoms with Crippen molar-refractivity contribution in [2.75, 3.05) is 13.2 Å². The van der Waals surface area contributed by atoms with Crippen LogP contribution in [0.4, 0.5) is 4.79 Å². The van der Waals surface area contributed by atoms with Crippen molar-refractivity contribution in [3.63, 3.8) is 0 Å². The monoisotopic (exact) mass is 400 g/mol. The summed E-state index contributed by atoms with van der Waals surface area (Å²) >= 11 is 0. The Bertz CT molecular complexity index is 1050. The second-order valence-corrected chi connectivity index (χ2v) is 7.33. The van der Waals surface area contributed by atoms with Crippen molar-refractivity contribution in [1.82, 2.24) is 10.2 Å². The molecule has 6 heteroatoms. The molecule has 0 aromatic heterocycles. The maximum absolute atomic E-state index is 13.7. The molecule has 0 spiro atoms. The second kappa shape index (κ2) is 7.22. The van der Waals surface area contributed by atoms with E-state index in [-0.39, 0.29) is 19.1 Å². The predicted molar refractivity (Wildman–Crippen MR) is 110 cm³/mol. The molecule has 0 bridgehead atoms. The van der Waals surface area contributed by atoms with Crippen LogP contribution < -0.4 is 14.8 Å². The summed E-state index contributed by atoms with van der Waals surface area (Å²) in [5.74, 6) is 0.944. The van der Waals surface area contributed by atoms with Gasteiger partial charge < -0.3 is 14.8 Å². The fourth-order valence-electron chi connectivity index (χ4n) is 4.03. The SMILES string of the molecule is O=C1NC(c2ccccc2)(c2ccccc2)C(=O)N1C[C@@H]1COc2ccccc2O1. The van der Waals surface area contributed by atoms with Gasteiger partial charge in [-0.3, -0.25) is 9.69 Å². The van der Waals surface area contributed by atoms with Gasteiger partial charge in [-0.25, -0.2) is 4.79 Å². The molecule has 1 atom stereocenters. The zero-order valence-electron chi connectivity index (χ0n) is 16.2. The van der Waals surface area contributed by atoms with Gasteiger partial charge in [0.1, 0.15) is 6.61 Å². The Balaban J connectivity index is 1.48. The molecule has 1 N–H and O–H groups in total. The summed E-state index contributed by atoms with van der Waals surface area (Å²) < 4.78 is 11.7. The van der Waals surface area contributed by atoms with Crippen LogP contribution in [0.5, 0.6) is 11.5 Å². The highest BCUT2D eigenvalue weighted by molar-refractivity contribution is 6.09. The van der Waals surface area contributed by atoms with Crippen LogP contribution >= 0.6 is 0 Å². The highest BCUT2D eigenvalue weighted by atomic mass is 16.6. The molecular weight excluding hydrogens is 380 g/mol. The molecule has 2 heterocycles. The predicted octanol–water partition coefficient (Wildman–Crippen LogP) is 3.32. The molecule has 3 aromatic rings. The van der Waals surface area contributed by atoms with E-state index in [0.29, 0.717) is 22.6 Å². The number of rotatable bonds is 4. The molecule has 0 unspecified atom stereocenters. The average Bonchev–Trinajstić information content (AvgIpc) is 3.06. The third-order valence-corrected chi connectivity index (χ3v) is 5.47. The Morgan fingerprint density at radius 1 is 0.833 bits per heavy atom. The van der Waals surface area contributed by atoms with Gasteiger partial charge in [0.15, 0.2) is 23.1 Å². The highest BCUT2D eigenvalue weighted by Gasteiger charge is 2.54. The molecular formula is C24H20N2O4. The number of hydrogen-bond donors (Lipinski definition) is 1. The first kappa shape index (κ1) is 18.2. The molecule has 2 aliphatic heterocycles. The molecule has 3 amide bonds. The van der Waals surface area contributed by atoms with Crippen molar-refractivity contribution >= 4 is 11.9 Å². The Labute approximate surface area is 174 Å². The standard InChI is InChI=1S/C24H20N2O4/c27-22-24(17-9-3-1-4-10-17,18-11-5-2-6-12-18)25-23(28)26(22)15-19-16-29-20-13-7-8-14-21(20)30-19/h1-14,19H,15-16H2,(H,25,28)/t19-/m1/s1. The molecule has 0 radical (unpaired) electrons. The van der Waals surface area contributed by atoms with Gasteiger partial charge in [-0.1, -0.05) is 72.8 Å². The second-order valence-electron chi connectivity index (χ2n) is 7.33. The van der Waals surface area contributed by atoms with Gasteiger partial charge in [0, 0.05) is 0 Å². The van der Waals surface area contributed by atoms with Crippen LogP contribution in [0, 0.1) is 0 Å². The quantitative estimate of drug-likeness (QED) is 0.683. The lowest BCUT2D eigenvalue weighted by atomic mass is 9.82. The first-order chi connectivity index (χ1) is 14.7. The van der Waals surface area contributed by atoms with Crippen LogP contribution in [0.15, 0.2) is 84.9 Å². The van der Waals surface area contributed by atoms with Crippen LogP contribution in [0.1, 0.15) is 11.1 Å². The molecule has 3 aromatic carbocycles. The van der Waals surface area contributed by atoms with Crippen molar-refractivity contribution in [2.45, 2.75) is 11.6 Å². The first-order valence-corrected chi connectivity index (χ1v) is 9.82. The number of ether oxygens (including phenoxy) is 2. The molecule has 2 aliphatic rings. The smallest absolute Gasteiger partial charge is 0.325 e. The largest absolute Gasteiger partial charge is 0.486 e. The Morgan fingerprint density at radius 3 is 2.03 bits per heavy atom. The number of carbonyl (C=O) groups excluding carboxylic acids is 2. The van der Waals surface area contributed by atoms with Crippen molar-refractivity contribution < 1.29 is 19.1 Å². The zero-order valence-corrected chi connectivity index (χ0v) is 16.2. The Kier molecular flexibility index (Phi) is 4.39. The number of para-hydroxylation sites is 2. The third-order valence-electron chi connectivity index (χ3n) is 5.47. The van der Waals surface area contributed by atoms with Gasteiger partial charge >= 0.3 is 6.03 Å². The van der Waals surface area contributed by atoms with E-state index < -0.39 is 17.7 Å². The van der Waals surface area contributed by atoms with Crippen molar-refractivity contribution in [2.24, 2.45) is 0 Å². The van der Waals surface area contributed by atoms with Crippen molar-refractivity contribution in [3.8, 4) is 11.5 Å². The fourth-order valence-corrected chi connectivity index (χ4v) is 4.03. The Morgan fingerprint density at radius 2 is 1.40 bits per heavy atom. The number of benzene rings is 3. The minimum Gasteiger partial charge on any atom is -0.486 e. The van der Waals surface area contributed by atoms with Gasteiger partial charge in [0.05, 0.1) is 6.54 Å². The molecule has 0 aliphatic carbocycles. The lowest BCUT2D eigenvalue weighted by Gasteiger charge is -2.30. The van der Waals surface area contributed by atoms with Gasteiger partial charge in [0.25, 0.3) is 5.91 Å². The third kappa shape index (κ3) is 2.88. The number of nitrogens with one attached hydrogen (secondary N) is 1. The van der Waals surface area contributed by atoms with Crippen LogP contribution in [0.3, 0.4) is 0 Å². The van der Waals surface area contributed by atoms with E-state index >= 15 is 0 Å². The average molecular weight is 400 g/mol. The number of imide groups is 1. The van der Waals surface area contributed by atoms with Crippen LogP contribution in [-0.2, 0) is 10.3 Å². The number of fused-ring (bicyclic) bond motifs is 1. The number of carbonyl (C=O) groups is 2. The van der Waals surface area contributed by atoms with Crippen molar-refractivity contribution in [1.29, 1.82) is 0 Å². The van der Waals surface area contributed by atoms with E-state index in [4.69, 9.17) is 9.47 Å². The minimum absolute atomic E-state index is 0.0976. The van der Waals surface area contributed by atoms with E-state index in [2.05, 4.69) is 5.32 Å². The van der Waals surface area contributed by atoms with E-state index in [9.17, 15) is 9.59 Å². The van der Waals surface area contributed by atoms with Crippen molar-refractivity contribution in [3.05, 3.63) is 96.1 Å². The number of amides is 3. The zero-order chi connectivity index (χ0) is 20.6. The van der Waals surface area contributed by atoms with E-state index in [1.165, 1.54) is 4.90 Å². The lowest BCUT2D eigenvalue weighted by molar-refractivity contribution is -0.131. The number of hydrogen-bond acceptors (Lipinski definition) is 4. The summed E-state index contributed by atoms with van der Waals surface area (Å²) in [5.41, 5.74) is 0.152. The highest BCUT2D eigenvalue weighted by Crippen LogP contribution is 2.37. The molecule has 150 valence electrons.